The third kappa shape index (κ3) is 1.63. The molecule has 4 heteroatoms. The van der Waals surface area contributed by atoms with Crippen molar-refractivity contribution >= 4 is 11.5 Å². The monoisotopic (exact) mass is 218 g/mol. The van der Waals surface area contributed by atoms with E-state index in [0.717, 1.165) is 5.69 Å². The average Bonchev–Trinajstić information content (AvgIpc) is 2.86. The van der Waals surface area contributed by atoms with Gasteiger partial charge in [0.1, 0.15) is 5.82 Å². The van der Waals surface area contributed by atoms with Gasteiger partial charge >= 0.3 is 0 Å². The number of pyridine rings is 1. The van der Waals surface area contributed by atoms with E-state index in [9.17, 15) is 0 Å². The molecule has 1 aromatic heterocycles. The van der Waals surface area contributed by atoms with Crippen molar-refractivity contribution in [2.75, 3.05) is 24.1 Å². The Labute approximate surface area is 95.8 Å². The van der Waals surface area contributed by atoms with Gasteiger partial charge in [0, 0.05) is 24.8 Å². The molecular formula is C12H18N4. The number of nitrogens with one attached hydrogen (secondary N) is 1. The Balaban J connectivity index is 1.73. The molecule has 16 heavy (non-hydrogen) atoms. The molecule has 3 rings (SSSR count). The molecule has 2 unspecified atom stereocenters. The van der Waals surface area contributed by atoms with E-state index >= 15 is 0 Å². The van der Waals surface area contributed by atoms with Crippen LogP contribution < -0.4 is 11.1 Å². The maximum absolute atomic E-state index is 5.85. The summed E-state index contributed by atoms with van der Waals surface area (Å²) in [6, 6.07) is 5.20. The van der Waals surface area contributed by atoms with E-state index in [1.165, 1.54) is 32.4 Å². The molecule has 0 saturated carbocycles. The molecule has 0 aromatic carbocycles. The van der Waals surface area contributed by atoms with Gasteiger partial charge in [-0.05, 0) is 37.9 Å². The summed E-state index contributed by atoms with van der Waals surface area (Å²) in [4.78, 5) is 6.70. The van der Waals surface area contributed by atoms with Gasteiger partial charge in [-0.3, -0.25) is 4.90 Å². The molecular weight excluding hydrogens is 200 g/mol. The van der Waals surface area contributed by atoms with Gasteiger partial charge in [0.2, 0.25) is 0 Å². The van der Waals surface area contributed by atoms with Gasteiger partial charge in [-0.2, -0.15) is 0 Å². The fourth-order valence-electron chi connectivity index (χ4n) is 2.99. The number of aromatic nitrogens is 1. The lowest BCUT2D eigenvalue weighted by atomic mass is 10.1. The molecule has 0 aliphatic carbocycles. The van der Waals surface area contributed by atoms with Crippen LogP contribution in [0.1, 0.15) is 19.3 Å². The Morgan fingerprint density at radius 2 is 2.31 bits per heavy atom. The highest BCUT2D eigenvalue weighted by Gasteiger charge is 2.37. The number of rotatable bonds is 2. The maximum atomic E-state index is 5.85. The van der Waals surface area contributed by atoms with Crippen molar-refractivity contribution in [2.24, 2.45) is 0 Å². The highest BCUT2D eigenvalue weighted by molar-refractivity contribution is 5.61. The Morgan fingerprint density at radius 3 is 3.19 bits per heavy atom. The van der Waals surface area contributed by atoms with Crippen molar-refractivity contribution in [1.82, 2.24) is 9.88 Å². The molecule has 1 aromatic rings. The smallest absolute Gasteiger partial charge is 0.146 e. The minimum atomic E-state index is 0.550. The van der Waals surface area contributed by atoms with Crippen LogP contribution in [0, 0.1) is 0 Å². The third-order valence-electron chi connectivity index (χ3n) is 3.79. The summed E-state index contributed by atoms with van der Waals surface area (Å²) in [5.74, 6) is 0.610. The second-order valence-corrected chi connectivity index (χ2v) is 4.72. The van der Waals surface area contributed by atoms with Crippen LogP contribution in [0.4, 0.5) is 11.5 Å². The van der Waals surface area contributed by atoms with Crippen molar-refractivity contribution in [3.8, 4) is 0 Å². The molecule has 4 nitrogen and oxygen atoms in total. The van der Waals surface area contributed by atoms with E-state index < -0.39 is 0 Å². The second-order valence-electron chi connectivity index (χ2n) is 4.72. The Kier molecular flexibility index (Phi) is 2.44. The maximum Gasteiger partial charge on any atom is 0.146 e. The highest BCUT2D eigenvalue weighted by Crippen LogP contribution is 2.30. The largest absolute Gasteiger partial charge is 0.382 e. The second kappa shape index (κ2) is 3.94. The Morgan fingerprint density at radius 1 is 1.38 bits per heavy atom. The zero-order valence-electron chi connectivity index (χ0n) is 9.39. The predicted octanol–water partition coefficient (Wildman–Crippen LogP) is 1.31. The number of hydrogen-bond donors (Lipinski definition) is 2. The molecule has 2 saturated heterocycles. The molecule has 2 aliphatic rings. The lowest BCUT2D eigenvalue weighted by Gasteiger charge is -2.22. The standard InChI is InChI=1S/C12H18N4/c13-12-10(3-1-6-14-12)15-9-5-8-16-7-2-4-11(9)16/h1,3,6,9,11,15H,2,4-5,7-8H2,(H2,13,14). The van der Waals surface area contributed by atoms with E-state index in [4.69, 9.17) is 5.73 Å². The molecule has 86 valence electrons. The number of fused-ring (bicyclic) bond motifs is 1. The van der Waals surface area contributed by atoms with Crippen molar-refractivity contribution in [1.29, 1.82) is 0 Å². The number of nitrogens with zero attached hydrogens (tertiary/aromatic N) is 2. The van der Waals surface area contributed by atoms with Crippen LogP contribution in [0.15, 0.2) is 18.3 Å². The summed E-state index contributed by atoms with van der Waals surface area (Å²) in [6.45, 7) is 2.49. The fraction of sp³-hybridized carbons (Fsp3) is 0.583. The topological polar surface area (TPSA) is 54.2 Å². The molecule has 0 amide bonds. The van der Waals surface area contributed by atoms with Crippen molar-refractivity contribution in [2.45, 2.75) is 31.3 Å². The molecule has 0 radical (unpaired) electrons. The van der Waals surface area contributed by atoms with Gasteiger partial charge in [0.15, 0.2) is 0 Å². The lowest BCUT2D eigenvalue weighted by molar-refractivity contribution is 0.318. The number of anilines is 2. The summed E-state index contributed by atoms with van der Waals surface area (Å²) in [7, 11) is 0. The SMILES string of the molecule is Nc1ncccc1NC1CCN2CCCC12. The average molecular weight is 218 g/mol. The van der Waals surface area contributed by atoms with Gasteiger partial charge in [-0.25, -0.2) is 4.98 Å². The van der Waals surface area contributed by atoms with E-state index in [0.29, 0.717) is 17.9 Å². The van der Waals surface area contributed by atoms with Crippen molar-refractivity contribution in [3.63, 3.8) is 0 Å². The summed E-state index contributed by atoms with van der Waals surface area (Å²) in [5.41, 5.74) is 6.84. The third-order valence-corrected chi connectivity index (χ3v) is 3.79. The molecule has 3 N–H and O–H groups in total. The number of nitrogens with two attached hydrogens (primary N) is 1. The van der Waals surface area contributed by atoms with E-state index in [-0.39, 0.29) is 0 Å². The van der Waals surface area contributed by atoms with E-state index in [1.54, 1.807) is 6.20 Å². The first-order valence-corrected chi connectivity index (χ1v) is 6.05. The van der Waals surface area contributed by atoms with E-state index in [1.807, 2.05) is 12.1 Å². The predicted molar refractivity (Wildman–Crippen MR) is 65.3 cm³/mol. The molecule has 2 atom stereocenters. The summed E-state index contributed by atoms with van der Waals surface area (Å²) in [6.07, 6.45) is 5.61. The number of hydrogen-bond acceptors (Lipinski definition) is 4. The summed E-state index contributed by atoms with van der Waals surface area (Å²) < 4.78 is 0. The van der Waals surface area contributed by atoms with Crippen LogP contribution in [0.3, 0.4) is 0 Å². The first kappa shape index (κ1) is 9.90. The van der Waals surface area contributed by atoms with Crippen LogP contribution in [-0.4, -0.2) is 35.1 Å². The van der Waals surface area contributed by atoms with Gasteiger partial charge in [-0.1, -0.05) is 0 Å². The van der Waals surface area contributed by atoms with Gasteiger partial charge in [-0.15, -0.1) is 0 Å². The lowest BCUT2D eigenvalue weighted by Crippen LogP contribution is -2.33. The van der Waals surface area contributed by atoms with Crippen molar-refractivity contribution in [3.05, 3.63) is 18.3 Å². The summed E-state index contributed by atoms with van der Waals surface area (Å²) in [5, 5.41) is 3.55. The van der Waals surface area contributed by atoms with Gasteiger partial charge < -0.3 is 11.1 Å². The van der Waals surface area contributed by atoms with Crippen LogP contribution in [0.2, 0.25) is 0 Å². The molecule has 2 aliphatic heterocycles. The minimum Gasteiger partial charge on any atom is -0.382 e. The minimum absolute atomic E-state index is 0.550. The van der Waals surface area contributed by atoms with Crippen molar-refractivity contribution < 1.29 is 0 Å². The quantitative estimate of drug-likeness (QED) is 0.786. The van der Waals surface area contributed by atoms with Gasteiger partial charge in [0.05, 0.1) is 5.69 Å². The van der Waals surface area contributed by atoms with Crippen LogP contribution >= 0.6 is 0 Å². The number of nitrogen functional groups attached to an aromatic ring is 1. The fourth-order valence-corrected chi connectivity index (χ4v) is 2.99. The molecule has 2 fully saturated rings. The zero-order chi connectivity index (χ0) is 11.0. The first-order valence-electron chi connectivity index (χ1n) is 6.05. The normalized spacial score (nSPS) is 29.2. The van der Waals surface area contributed by atoms with E-state index in [2.05, 4.69) is 15.2 Å². The zero-order valence-corrected chi connectivity index (χ0v) is 9.39. The molecule has 3 heterocycles. The van der Waals surface area contributed by atoms with Gasteiger partial charge in [0.25, 0.3) is 0 Å². The van der Waals surface area contributed by atoms with Crippen LogP contribution in [-0.2, 0) is 0 Å². The molecule has 0 bridgehead atoms. The Bertz CT molecular complexity index is 379. The summed E-state index contributed by atoms with van der Waals surface area (Å²) >= 11 is 0. The highest BCUT2D eigenvalue weighted by atomic mass is 15.2. The van der Waals surface area contributed by atoms with Crippen LogP contribution in [0.5, 0.6) is 0 Å². The molecule has 0 spiro atoms. The Hall–Kier alpha value is -1.29. The van der Waals surface area contributed by atoms with Crippen LogP contribution in [0.25, 0.3) is 0 Å². The first-order chi connectivity index (χ1) is 7.84.